The molecule has 0 radical (unpaired) electrons. The van der Waals surface area contributed by atoms with Crippen LogP contribution >= 0.6 is 0 Å². The molecule has 0 atom stereocenters. The van der Waals surface area contributed by atoms with Gasteiger partial charge in [-0.05, 0) is 11.1 Å². The van der Waals surface area contributed by atoms with Crippen LogP contribution < -0.4 is 0 Å². The van der Waals surface area contributed by atoms with E-state index in [4.69, 9.17) is 4.84 Å². The van der Waals surface area contributed by atoms with Crippen LogP contribution in [0, 0.1) is 0 Å². The monoisotopic (exact) mass is 237 g/mol. The molecule has 0 aliphatic carbocycles. The number of rotatable bonds is 5. The summed E-state index contributed by atoms with van der Waals surface area (Å²) < 4.78 is 0. The highest BCUT2D eigenvalue weighted by Crippen LogP contribution is 2.07. The Kier molecular flexibility index (Phi) is 4.31. The molecule has 0 aromatic heterocycles. The fourth-order valence-corrected chi connectivity index (χ4v) is 1.59. The van der Waals surface area contributed by atoms with Crippen LogP contribution in [0.25, 0.3) is 6.08 Å². The molecule has 0 aliphatic heterocycles. The van der Waals surface area contributed by atoms with E-state index in [-0.39, 0.29) is 0 Å². The summed E-state index contributed by atoms with van der Waals surface area (Å²) in [5, 5.41) is 3.97. The average molecular weight is 237 g/mol. The predicted molar refractivity (Wildman–Crippen MR) is 75.4 cm³/mol. The minimum absolute atomic E-state index is 0.480. The number of hydrogen-bond donors (Lipinski definition) is 0. The first-order valence-electron chi connectivity index (χ1n) is 5.81. The fraction of sp³-hybridized carbons (Fsp3) is 0.0625. The molecule has 2 rings (SSSR count). The van der Waals surface area contributed by atoms with Crippen molar-refractivity contribution in [3.05, 3.63) is 77.9 Å². The highest BCUT2D eigenvalue weighted by atomic mass is 16.6. The molecule has 0 saturated heterocycles. The standard InChI is InChI=1S/C16H15NO/c1-2-15-10-6-7-11-16(15)12-17-18-13-14-8-4-3-5-9-14/h2-12H,1,13H2/b17-12+. The lowest BCUT2D eigenvalue weighted by molar-refractivity contribution is 0.132. The van der Waals surface area contributed by atoms with Gasteiger partial charge in [0.15, 0.2) is 0 Å². The third kappa shape index (κ3) is 3.32. The number of oxime groups is 1. The summed E-state index contributed by atoms with van der Waals surface area (Å²) in [6.45, 7) is 4.24. The van der Waals surface area contributed by atoms with E-state index in [9.17, 15) is 0 Å². The van der Waals surface area contributed by atoms with Crippen molar-refractivity contribution in [2.24, 2.45) is 5.16 Å². The average Bonchev–Trinajstić information content (AvgIpc) is 2.45. The molecule has 0 unspecified atom stereocenters. The lowest BCUT2D eigenvalue weighted by Gasteiger charge is -2.00. The summed E-state index contributed by atoms with van der Waals surface area (Å²) in [6.07, 6.45) is 3.51. The Morgan fingerprint density at radius 2 is 1.61 bits per heavy atom. The van der Waals surface area contributed by atoms with E-state index >= 15 is 0 Å². The van der Waals surface area contributed by atoms with Gasteiger partial charge in [-0.1, -0.05) is 72.4 Å². The second-order valence-corrected chi connectivity index (χ2v) is 3.83. The molecule has 2 aromatic carbocycles. The highest BCUT2D eigenvalue weighted by molar-refractivity contribution is 5.84. The Bertz CT molecular complexity index is 532. The minimum Gasteiger partial charge on any atom is -0.391 e. The molecule has 0 amide bonds. The maximum atomic E-state index is 5.26. The maximum Gasteiger partial charge on any atom is 0.142 e. The summed E-state index contributed by atoms with van der Waals surface area (Å²) in [5.74, 6) is 0. The van der Waals surface area contributed by atoms with Crippen LogP contribution in [0.3, 0.4) is 0 Å². The second kappa shape index (κ2) is 6.40. The predicted octanol–water partition coefficient (Wildman–Crippen LogP) is 3.88. The van der Waals surface area contributed by atoms with E-state index in [1.54, 1.807) is 12.3 Å². The van der Waals surface area contributed by atoms with Gasteiger partial charge in [0.1, 0.15) is 6.61 Å². The van der Waals surface area contributed by atoms with Gasteiger partial charge in [0, 0.05) is 5.56 Å². The highest BCUT2D eigenvalue weighted by Gasteiger charge is 1.94. The lowest BCUT2D eigenvalue weighted by Crippen LogP contribution is -1.89. The second-order valence-electron chi connectivity index (χ2n) is 3.83. The van der Waals surface area contributed by atoms with Crippen molar-refractivity contribution in [2.45, 2.75) is 6.61 Å². The Labute approximate surface area is 107 Å². The first-order valence-corrected chi connectivity index (χ1v) is 5.81. The SMILES string of the molecule is C=Cc1ccccc1/C=N/OCc1ccccc1. The van der Waals surface area contributed by atoms with Crippen molar-refractivity contribution in [1.29, 1.82) is 0 Å². The van der Waals surface area contributed by atoms with Crippen molar-refractivity contribution in [3.63, 3.8) is 0 Å². The molecule has 0 heterocycles. The van der Waals surface area contributed by atoms with Crippen LogP contribution in [-0.2, 0) is 11.4 Å². The van der Waals surface area contributed by atoms with Gasteiger partial charge in [-0.2, -0.15) is 0 Å². The number of hydrogen-bond acceptors (Lipinski definition) is 2. The summed E-state index contributed by atoms with van der Waals surface area (Å²) in [7, 11) is 0. The van der Waals surface area contributed by atoms with Gasteiger partial charge in [0.05, 0.1) is 6.21 Å². The van der Waals surface area contributed by atoms with E-state index in [1.807, 2.05) is 54.6 Å². The molecule has 0 bridgehead atoms. The van der Waals surface area contributed by atoms with Gasteiger partial charge < -0.3 is 4.84 Å². The molecular formula is C16H15NO. The van der Waals surface area contributed by atoms with Gasteiger partial charge in [0.2, 0.25) is 0 Å². The fourth-order valence-electron chi connectivity index (χ4n) is 1.59. The largest absolute Gasteiger partial charge is 0.391 e. The topological polar surface area (TPSA) is 21.6 Å². The zero-order valence-corrected chi connectivity index (χ0v) is 10.1. The Morgan fingerprint density at radius 1 is 0.944 bits per heavy atom. The van der Waals surface area contributed by atoms with Crippen molar-refractivity contribution < 1.29 is 4.84 Å². The molecular weight excluding hydrogens is 222 g/mol. The maximum absolute atomic E-state index is 5.26. The van der Waals surface area contributed by atoms with Crippen LogP contribution in [0.4, 0.5) is 0 Å². The third-order valence-corrected chi connectivity index (χ3v) is 2.56. The first-order chi connectivity index (χ1) is 8.90. The smallest absolute Gasteiger partial charge is 0.142 e. The summed E-state index contributed by atoms with van der Waals surface area (Å²) >= 11 is 0. The van der Waals surface area contributed by atoms with Crippen molar-refractivity contribution in [1.82, 2.24) is 0 Å². The zero-order chi connectivity index (χ0) is 12.6. The van der Waals surface area contributed by atoms with Gasteiger partial charge in [0.25, 0.3) is 0 Å². The molecule has 0 saturated carbocycles. The van der Waals surface area contributed by atoms with E-state index in [1.165, 1.54) is 0 Å². The molecule has 0 fully saturated rings. The van der Waals surface area contributed by atoms with E-state index < -0.39 is 0 Å². The molecule has 2 aromatic rings. The molecule has 0 aliphatic rings. The van der Waals surface area contributed by atoms with Crippen LogP contribution in [0.1, 0.15) is 16.7 Å². The van der Waals surface area contributed by atoms with Gasteiger partial charge in [-0.25, -0.2) is 0 Å². The van der Waals surface area contributed by atoms with E-state index in [0.29, 0.717) is 6.61 Å². The van der Waals surface area contributed by atoms with Crippen LogP contribution in [-0.4, -0.2) is 6.21 Å². The normalized spacial score (nSPS) is 10.4. The Balaban J connectivity index is 1.94. The molecule has 2 nitrogen and oxygen atoms in total. The van der Waals surface area contributed by atoms with Crippen LogP contribution in [0.5, 0.6) is 0 Å². The van der Waals surface area contributed by atoms with Crippen molar-refractivity contribution in [2.75, 3.05) is 0 Å². The van der Waals surface area contributed by atoms with Gasteiger partial charge >= 0.3 is 0 Å². The van der Waals surface area contributed by atoms with E-state index in [2.05, 4.69) is 11.7 Å². The van der Waals surface area contributed by atoms with Crippen molar-refractivity contribution >= 4 is 12.3 Å². The molecule has 0 spiro atoms. The Hall–Kier alpha value is -2.35. The number of nitrogens with zero attached hydrogens (tertiary/aromatic N) is 1. The van der Waals surface area contributed by atoms with Crippen LogP contribution in [0.2, 0.25) is 0 Å². The number of benzene rings is 2. The Morgan fingerprint density at radius 3 is 2.33 bits per heavy atom. The molecule has 90 valence electrons. The quantitative estimate of drug-likeness (QED) is 0.571. The summed E-state index contributed by atoms with van der Waals surface area (Å²) in [4.78, 5) is 5.26. The molecule has 0 N–H and O–H groups in total. The summed E-state index contributed by atoms with van der Waals surface area (Å²) in [5.41, 5.74) is 3.15. The molecule has 2 heteroatoms. The van der Waals surface area contributed by atoms with Gasteiger partial charge in [-0.15, -0.1) is 0 Å². The van der Waals surface area contributed by atoms with Crippen molar-refractivity contribution in [3.8, 4) is 0 Å². The lowest BCUT2D eigenvalue weighted by atomic mass is 10.1. The van der Waals surface area contributed by atoms with Gasteiger partial charge in [-0.3, -0.25) is 0 Å². The van der Waals surface area contributed by atoms with Crippen LogP contribution in [0.15, 0.2) is 66.3 Å². The third-order valence-electron chi connectivity index (χ3n) is 2.56. The first kappa shape index (κ1) is 12.1. The van der Waals surface area contributed by atoms with E-state index in [0.717, 1.165) is 16.7 Å². The minimum atomic E-state index is 0.480. The molecule has 18 heavy (non-hydrogen) atoms. The zero-order valence-electron chi connectivity index (χ0n) is 10.1. The summed E-state index contributed by atoms with van der Waals surface area (Å²) in [6, 6.07) is 17.9.